The SMILES string of the molecule is C=CCN1CC[C@@]2(c3cccc(OC(C)=O)c3)C[C@H](N(CC(C)C)C(=O)Cc3ccc(Cl)c(Cl)c3)CC[C@]2(O)C1. The van der Waals surface area contributed by atoms with Crippen LogP contribution in [0.5, 0.6) is 5.75 Å². The van der Waals surface area contributed by atoms with E-state index >= 15 is 0 Å². The van der Waals surface area contributed by atoms with Crippen molar-refractivity contribution >= 4 is 35.1 Å². The summed E-state index contributed by atoms with van der Waals surface area (Å²) >= 11 is 12.3. The number of carbonyl (C=O) groups is 2. The lowest BCUT2D eigenvalue weighted by molar-refractivity contribution is -0.149. The molecule has 40 heavy (non-hydrogen) atoms. The van der Waals surface area contributed by atoms with Crippen molar-refractivity contribution < 1.29 is 19.4 Å². The Morgan fingerprint density at radius 1 is 1.20 bits per heavy atom. The van der Waals surface area contributed by atoms with Crippen LogP contribution in [0, 0.1) is 5.92 Å². The van der Waals surface area contributed by atoms with Crippen molar-refractivity contribution in [2.24, 2.45) is 5.92 Å². The molecule has 0 aromatic heterocycles. The minimum Gasteiger partial charge on any atom is -0.427 e. The first-order chi connectivity index (χ1) is 19.0. The average Bonchev–Trinajstić information content (AvgIpc) is 2.89. The van der Waals surface area contributed by atoms with E-state index in [9.17, 15) is 14.7 Å². The highest BCUT2D eigenvalue weighted by atomic mass is 35.5. The van der Waals surface area contributed by atoms with Crippen LogP contribution in [-0.4, -0.2) is 64.6 Å². The van der Waals surface area contributed by atoms with Crippen LogP contribution in [0.1, 0.15) is 57.6 Å². The number of rotatable bonds is 9. The number of halogens is 2. The van der Waals surface area contributed by atoms with Crippen molar-refractivity contribution in [2.45, 2.75) is 69.9 Å². The molecule has 0 bridgehead atoms. The lowest BCUT2D eigenvalue weighted by atomic mass is 9.55. The second kappa shape index (κ2) is 12.6. The Hall–Kier alpha value is -2.38. The van der Waals surface area contributed by atoms with Gasteiger partial charge in [-0.25, -0.2) is 0 Å². The Balaban J connectivity index is 1.70. The summed E-state index contributed by atoms with van der Waals surface area (Å²) in [5, 5.41) is 13.3. The molecule has 1 aliphatic carbocycles. The van der Waals surface area contributed by atoms with Crippen LogP contribution in [0.2, 0.25) is 10.0 Å². The van der Waals surface area contributed by atoms with Gasteiger partial charge in [-0.15, -0.1) is 6.58 Å². The van der Waals surface area contributed by atoms with Gasteiger partial charge in [0.25, 0.3) is 0 Å². The number of likely N-dealkylation sites (tertiary alicyclic amines) is 1. The highest BCUT2D eigenvalue weighted by Gasteiger charge is 2.58. The van der Waals surface area contributed by atoms with Gasteiger partial charge in [0.05, 0.1) is 22.1 Å². The predicted molar refractivity (Wildman–Crippen MR) is 160 cm³/mol. The summed E-state index contributed by atoms with van der Waals surface area (Å²) < 4.78 is 5.44. The van der Waals surface area contributed by atoms with E-state index in [0.29, 0.717) is 61.1 Å². The number of nitrogens with zero attached hydrogens (tertiary/aromatic N) is 2. The Labute approximate surface area is 247 Å². The van der Waals surface area contributed by atoms with Crippen molar-refractivity contribution in [1.82, 2.24) is 9.80 Å². The number of esters is 1. The maximum Gasteiger partial charge on any atom is 0.308 e. The minimum absolute atomic E-state index is 0.0374. The van der Waals surface area contributed by atoms with Gasteiger partial charge in [0.2, 0.25) is 5.91 Å². The van der Waals surface area contributed by atoms with Crippen molar-refractivity contribution in [3.05, 3.63) is 76.3 Å². The fourth-order valence-electron chi connectivity index (χ4n) is 6.63. The third kappa shape index (κ3) is 6.57. The Morgan fingerprint density at radius 2 is 1.98 bits per heavy atom. The Morgan fingerprint density at radius 3 is 2.65 bits per heavy atom. The van der Waals surface area contributed by atoms with Gasteiger partial charge < -0.3 is 14.7 Å². The summed E-state index contributed by atoms with van der Waals surface area (Å²) in [6, 6.07) is 12.8. The summed E-state index contributed by atoms with van der Waals surface area (Å²) in [6.07, 6.45) is 4.69. The monoisotopic (exact) mass is 586 g/mol. The number of piperidine rings is 1. The van der Waals surface area contributed by atoms with Gasteiger partial charge in [-0.2, -0.15) is 0 Å². The van der Waals surface area contributed by atoms with Gasteiger partial charge in [-0.3, -0.25) is 14.5 Å². The Bertz CT molecular complexity index is 1250. The van der Waals surface area contributed by atoms with Crippen molar-refractivity contribution in [3.8, 4) is 5.75 Å². The van der Waals surface area contributed by atoms with E-state index in [2.05, 4.69) is 25.3 Å². The fourth-order valence-corrected chi connectivity index (χ4v) is 6.95. The highest BCUT2D eigenvalue weighted by Crippen LogP contribution is 2.53. The lowest BCUT2D eigenvalue weighted by Gasteiger charge is -2.59. The molecule has 1 N–H and O–H groups in total. The zero-order valence-corrected chi connectivity index (χ0v) is 25.2. The number of ether oxygens (including phenoxy) is 1. The standard InChI is InChI=1S/C32H40Cl2N2O4/c1-5-14-35-15-13-31(25-7-6-8-27(18-25)40-23(4)37)19-26(11-12-32(31,39)21-35)36(20-22(2)3)30(38)17-24-9-10-28(33)29(34)16-24/h5-10,16,18,22,26,39H,1,11-15,17,19-21H2,2-4H3/t26-,31+,32+/m1/s1. The third-order valence-electron chi connectivity index (χ3n) is 8.40. The van der Waals surface area contributed by atoms with Crippen molar-refractivity contribution in [3.63, 3.8) is 0 Å². The van der Waals surface area contributed by atoms with Crippen LogP contribution in [0.4, 0.5) is 0 Å². The quantitative estimate of drug-likeness (QED) is 0.220. The van der Waals surface area contributed by atoms with Crippen LogP contribution in [0.25, 0.3) is 0 Å². The lowest BCUT2D eigenvalue weighted by Crippen LogP contribution is -2.67. The molecule has 1 amide bonds. The summed E-state index contributed by atoms with van der Waals surface area (Å²) in [5.41, 5.74) is 0.152. The topological polar surface area (TPSA) is 70.1 Å². The van der Waals surface area contributed by atoms with E-state index in [1.165, 1.54) is 6.92 Å². The van der Waals surface area contributed by atoms with E-state index in [-0.39, 0.29) is 30.3 Å². The summed E-state index contributed by atoms with van der Waals surface area (Å²) in [7, 11) is 0. The molecule has 2 aromatic carbocycles. The number of benzene rings is 2. The maximum atomic E-state index is 13.8. The molecule has 2 aliphatic rings. The molecule has 0 spiro atoms. The molecule has 0 radical (unpaired) electrons. The number of hydrogen-bond acceptors (Lipinski definition) is 5. The zero-order valence-electron chi connectivity index (χ0n) is 23.7. The zero-order chi connectivity index (χ0) is 29.1. The smallest absolute Gasteiger partial charge is 0.308 e. The number of β-amino-alcohol motifs (C(OH)–C–C–N with tert-alkyl or cyclic N) is 1. The molecule has 4 rings (SSSR count). The Kier molecular flexibility index (Phi) is 9.66. The van der Waals surface area contributed by atoms with E-state index < -0.39 is 11.0 Å². The fraction of sp³-hybridized carbons (Fsp3) is 0.500. The molecule has 8 heteroatoms. The normalized spacial score (nSPS) is 24.8. The number of amides is 1. The number of hydrogen-bond donors (Lipinski definition) is 1. The van der Waals surface area contributed by atoms with E-state index in [1.807, 2.05) is 35.2 Å². The first-order valence-electron chi connectivity index (χ1n) is 14.0. The second-order valence-electron chi connectivity index (χ2n) is 11.8. The van der Waals surface area contributed by atoms with Crippen molar-refractivity contribution in [1.29, 1.82) is 0 Å². The van der Waals surface area contributed by atoms with Gasteiger partial charge in [0.15, 0.2) is 0 Å². The number of aliphatic hydroxyl groups is 1. The van der Waals surface area contributed by atoms with Gasteiger partial charge in [-0.05, 0) is 73.5 Å². The first kappa shape index (κ1) is 30.6. The van der Waals surface area contributed by atoms with Gasteiger partial charge >= 0.3 is 5.97 Å². The summed E-state index contributed by atoms with van der Waals surface area (Å²) in [4.78, 5) is 29.8. The van der Waals surface area contributed by atoms with Crippen LogP contribution in [-0.2, 0) is 21.4 Å². The second-order valence-corrected chi connectivity index (χ2v) is 12.6. The largest absolute Gasteiger partial charge is 0.427 e. The average molecular weight is 588 g/mol. The number of carbonyl (C=O) groups excluding carboxylic acids is 2. The predicted octanol–water partition coefficient (Wildman–Crippen LogP) is 6.06. The molecule has 1 heterocycles. The third-order valence-corrected chi connectivity index (χ3v) is 9.14. The summed E-state index contributed by atoms with van der Waals surface area (Å²) in [5.74, 6) is 0.391. The molecular formula is C32H40Cl2N2O4. The van der Waals surface area contributed by atoms with E-state index in [1.54, 1.807) is 18.2 Å². The highest BCUT2D eigenvalue weighted by molar-refractivity contribution is 6.42. The van der Waals surface area contributed by atoms with Gasteiger partial charge in [0, 0.05) is 38.0 Å². The summed E-state index contributed by atoms with van der Waals surface area (Å²) in [6.45, 7) is 12.1. The molecular weight excluding hydrogens is 547 g/mol. The van der Waals surface area contributed by atoms with Crippen LogP contribution >= 0.6 is 23.2 Å². The van der Waals surface area contributed by atoms with E-state index in [0.717, 1.165) is 17.7 Å². The molecule has 2 fully saturated rings. The minimum atomic E-state index is -1.00. The van der Waals surface area contributed by atoms with Crippen molar-refractivity contribution in [2.75, 3.05) is 26.2 Å². The molecule has 1 saturated carbocycles. The molecule has 216 valence electrons. The first-order valence-corrected chi connectivity index (χ1v) is 14.8. The van der Waals surface area contributed by atoms with Gasteiger partial charge in [-0.1, -0.05) is 61.3 Å². The van der Waals surface area contributed by atoms with E-state index in [4.69, 9.17) is 27.9 Å². The molecule has 0 unspecified atom stereocenters. The molecule has 2 aromatic rings. The maximum absolute atomic E-state index is 13.8. The molecule has 1 aliphatic heterocycles. The molecule has 3 atom stereocenters. The number of fused-ring (bicyclic) bond motifs is 1. The molecule has 1 saturated heterocycles. The van der Waals surface area contributed by atoms with Crippen LogP contribution < -0.4 is 4.74 Å². The van der Waals surface area contributed by atoms with Gasteiger partial charge in [0.1, 0.15) is 5.75 Å². The molecule has 6 nitrogen and oxygen atoms in total. The van der Waals surface area contributed by atoms with Crippen LogP contribution in [0.15, 0.2) is 55.1 Å². The van der Waals surface area contributed by atoms with Crippen LogP contribution in [0.3, 0.4) is 0 Å².